The minimum atomic E-state index is -3.45. The van der Waals surface area contributed by atoms with Crippen LogP contribution in [-0.2, 0) is 33.4 Å². The number of carbonyl (C=O) groups is 2. The second kappa shape index (κ2) is 7.05. The SMILES string of the molecule is C=C(C)C(=O)NCCOC(=O)CCOC1C2CC3C1OS(=O)(=O)C3C2. The van der Waals surface area contributed by atoms with Gasteiger partial charge in [-0.2, -0.15) is 8.42 Å². The van der Waals surface area contributed by atoms with Crippen LogP contribution < -0.4 is 5.32 Å². The van der Waals surface area contributed by atoms with Crippen molar-refractivity contribution in [2.45, 2.75) is 43.6 Å². The molecule has 9 heteroatoms. The molecule has 25 heavy (non-hydrogen) atoms. The second-order valence-electron chi connectivity index (χ2n) is 6.83. The van der Waals surface area contributed by atoms with Gasteiger partial charge in [0.2, 0.25) is 5.91 Å². The van der Waals surface area contributed by atoms with Crippen molar-refractivity contribution < 1.29 is 31.7 Å². The molecule has 0 aromatic carbocycles. The van der Waals surface area contributed by atoms with Crippen LogP contribution >= 0.6 is 0 Å². The van der Waals surface area contributed by atoms with Crippen LogP contribution in [0.1, 0.15) is 26.2 Å². The number of fused-ring (bicyclic) bond motifs is 1. The lowest BCUT2D eigenvalue weighted by Gasteiger charge is -2.24. The highest BCUT2D eigenvalue weighted by Gasteiger charge is 2.64. The van der Waals surface area contributed by atoms with Crippen molar-refractivity contribution in [2.24, 2.45) is 11.8 Å². The predicted molar refractivity (Wildman–Crippen MR) is 86.9 cm³/mol. The van der Waals surface area contributed by atoms with Crippen LogP contribution in [0.4, 0.5) is 0 Å². The Morgan fingerprint density at radius 1 is 1.28 bits per heavy atom. The molecular weight excluding hydrogens is 350 g/mol. The quantitative estimate of drug-likeness (QED) is 0.279. The van der Waals surface area contributed by atoms with Crippen LogP contribution in [0, 0.1) is 11.8 Å². The molecular formula is C16H23NO7S. The van der Waals surface area contributed by atoms with E-state index in [1.165, 1.54) is 0 Å². The third-order valence-electron chi connectivity index (χ3n) is 5.07. The van der Waals surface area contributed by atoms with Crippen molar-refractivity contribution in [3.05, 3.63) is 12.2 Å². The average Bonchev–Trinajstić information content (AvgIpc) is 3.15. The van der Waals surface area contributed by atoms with E-state index < -0.39 is 22.2 Å². The Labute approximate surface area is 147 Å². The molecule has 0 aromatic rings. The Bertz CT molecular complexity index is 674. The number of esters is 1. The van der Waals surface area contributed by atoms with Crippen molar-refractivity contribution >= 4 is 22.0 Å². The zero-order chi connectivity index (χ0) is 18.2. The van der Waals surface area contributed by atoms with Gasteiger partial charge in [-0.25, -0.2) is 0 Å². The van der Waals surface area contributed by atoms with Gasteiger partial charge in [-0.05, 0) is 25.7 Å². The topological polar surface area (TPSA) is 108 Å². The fraction of sp³-hybridized carbons (Fsp3) is 0.750. The van der Waals surface area contributed by atoms with Crippen molar-refractivity contribution in [1.29, 1.82) is 0 Å². The van der Waals surface area contributed by atoms with Gasteiger partial charge in [0.15, 0.2) is 0 Å². The van der Waals surface area contributed by atoms with Gasteiger partial charge in [0.25, 0.3) is 10.1 Å². The van der Waals surface area contributed by atoms with E-state index >= 15 is 0 Å². The number of hydrogen-bond acceptors (Lipinski definition) is 7. The maximum atomic E-state index is 11.9. The Morgan fingerprint density at radius 3 is 2.76 bits per heavy atom. The molecule has 0 spiro atoms. The van der Waals surface area contributed by atoms with Crippen LogP contribution in [-0.4, -0.2) is 57.5 Å². The third-order valence-corrected chi connectivity index (χ3v) is 6.84. The number of ether oxygens (including phenoxy) is 2. The average molecular weight is 373 g/mol. The molecule has 5 atom stereocenters. The monoisotopic (exact) mass is 373 g/mol. The molecule has 5 unspecified atom stereocenters. The highest BCUT2D eigenvalue weighted by molar-refractivity contribution is 7.87. The predicted octanol–water partition coefficient (Wildman–Crippen LogP) is 0.134. The molecule has 1 aliphatic heterocycles. The maximum absolute atomic E-state index is 11.9. The first kappa shape index (κ1) is 18.3. The summed E-state index contributed by atoms with van der Waals surface area (Å²) in [5.74, 6) is -0.486. The maximum Gasteiger partial charge on any atom is 0.308 e. The summed E-state index contributed by atoms with van der Waals surface area (Å²) in [6.07, 6.45) is 0.807. The van der Waals surface area contributed by atoms with E-state index in [-0.39, 0.29) is 55.3 Å². The normalized spacial score (nSPS) is 34.0. The van der Waals surface area contributed by atoms with Gasteiger partial charge >= 0.3 is 5.97 Å². The van der Waals surface area contributed by atoms with E-state index in [2.05, 4.69) is 11.9 Å². The Hall–Kier alpha value is -1.45. The van der Waals surface area contributed by atoms with Gasteiger partial charge in [-0.1, -0.05) is 6.58 Å². The summed E-state index contributed by atoms with van der Waals surface area (Å²) in [6.45, 7) is 5.56. The van der Waals surface area contributed by atoms with Crippen molar-refractivity contribution in [3.63, 3.8) is 0 Å². The molecule has 140 valence electrons. The van der Waals surface area contributed by atoms with Crippen molar-refractivity contribution in [1.82, 2.24) is 5.32 Å². The van der Waals surface area contributed by atoms with Gasteiger partial charge in [-0.3, -0.25) is 13.8 Å². The van der Waals surface area contributed by atoms with Gasteiger partial charge < -0.3 is 14.8 Å². The lowest BCUT2D eigenvalue weighted by molar-refractivity contribution is -0.146. The summed E-state index contributed by atoms with van der Waals surface area (Å²) >= 11 is 0. The standard InChI is InChI=1S/C16H23NO7S/c1-9(2)16(19)17-4-6-22-13(18)3-5-23-14-10-7-11-12(8-10)25(20,21)24-15(11)14/h10-12,14-15H,1,3-8H2,2H3,(H,17,19). The zero-order valence-electron chi connectivity index (χ0n) is 14.1. The van der Waals surface area contributed by atoms with Gasteiger partial charge in [0.05, 0.1) is 30.9 Å². The number of hydrogen-bond donors (Lipinski definition) is 1. The van der Waals surface area contributed by atoms with Crippen LogP contribution in [0.25, 0.3) is 0 Å². The van der Waals surface area contributed by atoms with Crippen molar-refractivity contribution in [2.75, 3.05) is 19.8 Å². The first-order chi connectivity index (χ1) is 11.8. The van der Waals surface area contributed by atoms with Crippen LogP contribution in [0.5, 0.6) is 0 Å². The molecule has 1 saturated heterocycles. The number of nitrogens with one attached hydrogen (secondary N) is 1. The molecule has 2 aliphatic carbocycles. The molecule has 1 amide bonds. The van der Waals surface area contributed by atoms with E-state index in [1.54, 1.807) is 6.92 Å². The van der Waals surface area contributed by atoms with E-state index in [0.29, 0.717) is 12.0 Å². The molecule has 0 radical (unpaired) electrons. The minimum Gasteiger partial charge on any atom is -0.464 e. The largest absolute Gasteiger partial charge is 0.464 e. The smallest absolute Gasteiger partial charge is 0.308 e. The number of rotatable bonds is 8. The van der Waals surface area contributed by atoms with Crippen LogP contribution in [0.3, 0.4) is 0 Å². The van der Waals surface area contributed by atoms with E-state index in [1.807, 2.05) is 0 Å². The molecule has 3 rings (SSSR count). The summed E-state index contributed by atoms with van der Waals surface area (Å²) in [5.41, 5.74) is 0.393. The Balaban J connectivity index is 1.33. The summed E-state index contributed by atoms with van der Waals surface area (Å²) in [6, 6.07) is 0. The van der Waals surface area contributed by atoms with Crippen LogP contribution in [0.2, 0.25) is 0 Å². The minimum absolute atomic E-state index is 0.0314. The molecule has 1 N–H and O–H groups in total. The molecule has 0 aromatic heterocycles. The summed E-state index contributed by atoms with van der Waals surface area (Å²) in [4.78, 5) is 22.9. The van der Waals surface area contributed by atoms with Gasteiger partial charge in [0.1, 0.15) is 12.7 Å². The second-order valence-corrected chi connectivity index (χ2v) is 8.61. The molecule has 1 heterocycles. The third kappa shape index (κ3) is 3.73. The van der Waals surface area contributed by atoms with E-state index in [0.717, 1.165) is 6.42 Å². The van der Waals surface area contributed by atoms with Gasteiger partial charge in [-0.15, -0.1) is 0 Å². The fourth-order valence-corrected chi connectivity index (χ4v) is 5.82. The van der Waals surface area contributed by atoms with Gasteiger partial charge in [0, 0.05) is 11.5 Å². The molecule has 2 saturated carbocycles. The molecule has 8 nitrogen and oxygen atoms in total. The summed E-state index contributed by atoms with van der Waals surface area (Å²) < 4.78 is 39.7. The highest BCUT2D eigenvalue weighted by atomic mass is 32.2. The first-order valence-electron chi connectivity index (χ1n) is 8.42. The number of carbonyl (C=O) groups excluding carboxylic acids is 2. The zero-order valence-corrected chi connectivity index (χ0v) is 14.9. The van der Waals surface area contributed by atoms with Crippen molar-refractivity contribution in [3.8, 4) is 0 Å². The van der Waals surface area contributed by atoms with Crippen LogP contribution in [0.15, 0.2) is 12.2 Å². The Morgan fingerprint density at radius 2 is 2.04 bits per heavy atom. The lowest BCUT2D eigenvalue weighted by Crippen LogP contribution is -2.36. The molecule has 2 bridgehead atoms. The summed E-state index contributed by atoms with van der Waals surface area (Å²) in [7, 11) is -3.45. The lowest BCUT2D eigenvalue weighted by atomic mass is 9.94. The highest BCUT2D eigenvalue weighted by Crippen LogP contribution is 2.55. The van der Waals surface area contributed by atoms with E-state index in [9.17, 15) is 18.0 Å². The number of amides is 1. The van der Waals surface area contributed by atoms with E-state index in [4.69, 9.17) is 13.7 Å². The molecule has 3 fully saturated rings. The summed E-state index contributed by atoms with van der Waals surface area (Å²) in [5, 5.41) is 2.19. The fourth-order valence-electron chi connectivity index (χ4n) is 3.94. The molecule has 3 aliphatic rings. The Kier molecular flexibility index (Phi) is 5.17. The first-order valence-corrected chi connectivity index (χ1v) is 9.90.